The maximum atomic E-state index is 5.88. The summed E-state index contributed by atoms with van der Waals surface area (Å²) in [5, 5.41) is 0. The zero-order valence-corrected chi connectivity index (χ0v) is 3.96. The summed E-state index contributed by atoms with van der Waals surface area (Å²) in [6.07, 6.45) is 5.88. The summed E-state index contributed by atoms with van der Waals surface area (Å²) in [5.41, 5.74) is 0. The molecule has 0 atom stereocenters. The van der Waals surface area contributed by atoms with E-state index in [1.165, 1.54) is 0 Å². The predicted molar refractivity (Wildman–Crippen MR) is 16.1 cm³/mol. The third kappa shape index (κ3) is 17.4. The Morgan fingerprint density at radius 1 is 1.75 bits per heavy atom. The Hall–Kier alpha value is 0.637. The Morgan fingerprint density at radius 2 is 1.75 bits per heavy atom. The van der Waals surface area contributed by atoms with Crippen molar-refractivity contribution in [3.05, 3.63) is 6.42 Å². The van der Waals surface area contributed by atoms with E-state index in [0.29, 0.717) is 0 Å². The minimum Gasteiger partial charge on any atom is -0.681 e. The molecule has 0 aliphatic heterocycles. The number of hydrogen-bond acceptors (Lipinski definition) is 0. The Morgan fingerprint density at radius 3 is 1.75 bits per heavy atom. The van der Waals surface area contributed by atoms with Gasteiger partial charge in [0.2, 0.25) is 0 Å². The van der Waals surface area contributed by atoms with E-state index in [2.05, 4.69) is 15.9 Å². The van der Waals surface area contributed by atoms with Gasteiger partial charge in [-0.15, -0.1) is 0 Å². The van der Waals surface area contributed by atoms with Crippen LogP contribution in [0.3, 0.4) is 0 Å². The van der Waals surface area contributed by atoms with Crippen molar-refractivity contribution in [2.45, 2.75) is 0 Å². The van der Waals surface area contributed by atoms with Crippen LogP contribution in [0.25, 0.3) is 0 Å². The summed E-state index contributed by atoms with van der Waals surface area (Å²) < 4.78 is 0. The molecule has 0 N–H and O–H groups in total. The molecule has 0 bridgehead atoms. The molecule has 0 fully saturated rings. The molecule has 0 radical (unpaired) electrons. The van der Waals surface area contributed by atoms with Gasteiger partial charge in [0.25, 0.3) is 0 Å². The average Bonchev–Trinajstić information content (AvgIpc) is 0.918. The van der Waals surface area contributed by atoms with Crippen molar-refractivity contribution in [1.82, 2.24) is 0 Å². The maximum absolute atomic E-state index is 5.88. The Labute approximate surface area is 46.3 Å². The number of halogens is 1. The molecule has 0 nitrogen and oxygen atoms in total. The number of rotatable bonds is 0. The predicted octanol–water partition coefficient (Wildman–Crippen LogP) is -2.07. The van der Waals surface area contributed by atoms with Gasteiger partial charge >= 0.3 is 18.9 Å². The van der Waals surface area contributed by atoms with Gasteiger partial charge in [-0.1, -0.05) is 0 Å². The van der Waals surface area contributed by atoms with E-state index in [-0.39, 0.29) is 18.9 Å². The van der Waals surface area contributed by atoms with Gasteiger partial charge in [-0.05, 0) is 15.9 Å². The molecule has 2 heteroatoms. The fourth-order valence-electron chi connectivity index (χ4n) is 0. The van der Waals surface area contributed by atoms with Gasteiger partial charge in [-0.25, -0.2) is 0 Å². The van der Waals surface area contributed by atoms with Gasteiger partial charge in [-0.3, -0.25) is 4.83 Å². The third-order valence-corrected chi connectivity index (χ3v) is 0. The molecule has 0 saturated heterocycles. The van der Waals surface area contributed by atoms with Gasteiger partial charge in [-0.2, -0.15) is 0 Å². The van der Waals surface area contributed by atoms with E-state index < -0.39 is 0 Å². The molecule has 0 rings (SSSR count). The Balaban J connectivity index is 0. The summed E-state index contributed by atoms with van der Waals surface area (Å²) in [6.45, 7) is 0. The Kier molecular flexibility index (Phi) is 20.8. The van der Waals surface area contributed by atoms with Crippen LogP contribution in [0, 0.1) is 11.3 Å². The summed E-state index contributed by atoms with van der Waals surface area (Å²) >= 11 is 2.56. The fourth-order valence-corrected chi connectivity index (χ4v) is 0. The molecular formula is C2BrLi. The van der Waals surface area contributed by atoms with Crippen LogP contribution >= 0.6 is 15.9 Å². The molecule has 0 aromatic rings. The van der Waals surface area contributed by atoms with Crippen molar-refractivity contribution in [2.24, 2.45) is 0 Å². The third-order valence-electron chi connectivity index (χ3n) is 0. The van der Waals surface area contributed by atoms with E-state index in [0.717, 1.165) is 0 Å². The van der Waals surface area contributed by atoms with Crippen LogP contribution in [-0.2, 0) is 0 Å². The number of hydrogen-bond donors (Lipinski definition) is 0. The summed E-state index contributed by atoms with van der Waals surface area (Å²) in [6, 6.07) is 0. The first kappa shape index (κ1) is 8.82. The molecule has 0 aliphatic carbocycles. The quantitative estimate of drug-likeness (QED) is 0.191. The average molecular weight is 111 g/mol. The minimum atomic E-state index is 0. The van der Waals surface area contributed by atoms with Crippen LogP contribution in [-0.4, -0.2) is 0 Å². The SMILES string of the molecule is [C-]#CBr.[Li+]. The molecule has 0 spiro atoms. The monoisotopic (exact) mass is 110 g/mol. The van der Waals surface area contributed by atoms with E-state index in [1.54, 1.807) is 0 Å². The molecule has 0 amide bonds. The van der Waals surface area contributed by atoms with Gasteiger partial charge in [0.05, 0.1) is 0 Å². The van der Waals surface area contributed by atoms with E-state index in [4.69, 9.17) is 6.42 Å². The zero-order chi connectivity index (χ0) is 2.71. The van der Waals surface area contributed by atoms with E-state index in [1.807, 2.05) is 4.83 Å². The van der Waals surface area contributed by atoms with Gasteiger partial charge in [0.15, 0.2) is 0 Å². The van der Waals surface area contributed by atoms with Crippen LogP contribution in [0.2, 0.25) is 0 Å². The molecular weight excluding hydrogens is 111 g/mol. The fraction of sp³-hybridized carbons (Fsp3) is 0. The van der Waals surface area contributed by atoms with Gasteiger partial charge in [0.1, 0.15) is 0 Å². The second-order valence-corrected chi connectivity index (χ2v) is 0.491. The molecule has 4 heavy (non-hydrogen) atoms. The van der Waals surface area contributed by atoms with Crippen molar-refractivity contribution < 1.29 is 18.9 Å². The van der Waals surface area contributed by atoms with Crippen molar-refractivity contribution in [1.29, 1.82) is 0 Å². The van der Waals surface area contributed by atoms with Crippen LogP contribution in [0.4, 0.5) is 0 Å². The van der Waals surface area contributed by atoms with Gasteiger partial charge in [0, 0.05) is 0 Å². The van der Waals surface area contributed by atoms with E-state index in [9.17, 15) is 0 Å². The standard InChI is InChI=1S/C2Br.Li/c1-2-3;/q-1;+1. The first-order chi connectivity index (χ1) is 1.41. The van der Waals surface area contributed by atoms with Gasteiger partial charge < -0.3 is 6.42 Å². The molecule has 0 heterocycles. The summed E-state index contributed by atoms with van der Waals surface area (Å²) in [4.78, 5) is 1.81. The summed E-state index contributed by atoms with van der Waals surface area (Å²) in [5.74, 6) is 0. The zero-order valence-electron chi connectivity index (χ0n) is 2.38. The first-order valence-electron chi connectivity index (χ1n) is 0.439. The molecule has 0 aromatic heterocycles. The van der Waals surface area contributed by atoms with Crippen molar-refractivity contribution >= 4 is 15.9 Å². The minimum absolute atomic E-state index is 0. The van der Waals surface area contributed by atoms with Crippen LogP contribution in [0.1, 0.15) is 0 Å². The molecule has 0 unspecified atom stereocenters. The smallest absolute Gasteiger partial charge is 0.681 e. The Bertz CT molecular complexity index is 27.5. The molecule has 0 aliphatic rings. The first-order valence-corrected chi connectivity index (χ1v) is 1.23. The van der Waals surface area contributed by atoms with Crippen LogP contribution in [0.15, 0.2) is 0 Å². The molecule has 0 aromatic carbocycles. The molecule has 0 saturated carbocycles. The van der Waals surface area contributed by atoms with Crippen LogP contribution < -0.4 is 18.9 Å². The normalized spacial score (nSPS) is 2.00. The van der Waals surface area contributed by atoms with Crippen LogP contribution in [0.5, 0.6) is 0 Å². The molecule has 16 valence electrons. The van der Waals surface area contributed by atoms with Crippen molar-refractivity contribution in [2.75, 3.05) is 0 Å². The second-order valence-electron chi connectivity index (χ2n) is 0.0945. The topological polar surface area (TPSA) is 0 Å². The van der Waals surface area contributed by atoms with Crippen molar-refractivity contribution in [3.8, 4) is 4.83 Å². The largest absolute Gasteiger partial charge is 1.00 e. The maximum Gasteiger partial charge on any atom is 1.00 e. The summed E-state index contributed by atoms with van der Waals surface area (Å²) in [7, 11) is 0. The second kappa shape index (κ2) is 9.44. The van der Waals surface area contributed by atoms with Crippen molar-refractivity contribution in [3.63, 3.8) is 0 Å². The van der Waals surface area contributed by atoms with E-state index >= 15 is 0 Å².